The summed E-state index contributed by atoms with van der Waals surface area (Å²) < 4.78 is 0. The summed E-state index contributed by atoms with van der Waals surface area (Å²) in [5.41, 5.74) is 8.34. The maximum Gasteiger partial charge on any atom is 0.241 e. The first-order chi connectivity index (χ1) is 6.91. The number of nitrogens with two attached hydrogens (primary N) is 1. The molecule has 84 valence electrons. The Bertz CT molecular complexity index is 292. The Morgan fingerprint density at radius 3 is 2.80 bits per heavy atom. The third-order valence-corrected chi connectivity index (χ3v) is 2.26. The first-order valence-corrected chi connectivity index (χ1v) is 5.03. The predicted molar refractivity (Wildman–Crippen MR) is 60.8 cm³/mol. The van der Waals surface area contributed by atoms with E-state index in [0.717, 1.165) is 0 Å². The normalized spacial score (nSPS) is 30.3. The number of allylic oxidation sites excluding steroid dienone is 2. The van der Waals surface area contributed by atoms with Crippen molar-refractivity contribution in [1.82, 2.24) is 10.4 Å². The van der Waals surface area contributed by atoms with E-state index in [1.54, 1.807) is 19.1 Å². The minimum atomic E-state index is -0.419. The highest BCUT2D eigenvalue weighted by molar-refractivity contribution is 5.80. The Hall–Kier alpha value is -1.13. The second kappa shape index (κ2) is 4.59. The van der Waals surface area contributed by atoms with E-state index in [9.17, 15) is 4.79 Å². The topological polar surface area (TPSA) is 58.4 Å². The van der Waals surface area contributed by atoms with Gasteiger partial charge in [-0.15, -0.1) is 0 Å². The summed E-state index contributed by atoms with van der Waals surface area (Å²) in [7, 11) is 3.58. The number of amides is 1. The quantitative estimate of drug-likeness (QED) is 0.648. The van der Waals surface area contributed by atoms with Gasteiger partial charge >= 0.3 is 0 Å². The number of hydrogen-bond donors (Lipinski definition) is 2. The highest BCUT2D eigenvalue weighted by atomic mass is 16.2. The molecular weight excluding hydrogens is 190 g/mol. The number of carbonyl (C=O) groups is 1. The lowest BCUT2D eigenvalue weighted by Crippen LogP contribution is -2.43. The summed E-state index contributed by atoms with van der Waals surface area (Å²) >= 11 is 0. The van der Waals surface area contributed by atoms with Crippen molar-refractivity contribution in [3.05, 3.63) is 24.3 Å². The molecule has 0 saturated carbocycles. The molecule has 1 aliphatic carbocycles. The van der Waals surface area contributed by atoms with E-state index >= 15 is 0 Å². The maximum absolute atomic E-state index is 11.8. The van der Waals surface area contributed by atoms with E-state index < -0.39 is 5.54 Å². The highest BCUT2D eigenvalue weighted by Gasteiger charge is 2.26. The molecule has 3 N–H and O–H groups in total. The van der Waals surface area contributed by atoms with Gasteiger partial charge in [0, 0.05) is 19.6 Å². The molecular formula is C11H19N3O. The molecule has 0 bridgehead atoms. The first kappa shape index (κ1) is 11.9. The zero-order chi connectivity index (χ0) is 11.5. The van der Waals surface area contributed by atoms with E-state index in [0.29, 0.717) is 6.42 Å². The largest absolute Gasteiger partial charge is 0.322 e. The summed E-state index contributed by atoms with van der Waals surface area (Å²) in [6, 6.07) is 0. The van der Waals surface area contributed by atoms with Crippen LogP contribution in [0.5, 0.6) is 0 Å². The molecule has 0 spiro atoms. The molecule has 4 nitrogen and oxygen atoms in total. The zero-order valence-electron chi connectivity index (χ0n) is 9.53. The van der Waals surface area contributed by atoms with Gasteiger partial charge in [0.05, 0.1) is 5.92 Å². The van der Waals surface area contributed by atoms with Crippen LogP contribution in [0.2, 0.25) is 0 Å². The molecule has 0 saturated heterocycles. The summed E-state index contributed by atoms with van der Waals surface area (Å²) in [5, 5.41) is 1.64. The Morgan fingerprint density at radius 1 is 1.53 bits per heavy atom. The van der Waals surface area contributed by atoms with Gasteiger partial charge in [0.1, 0.15) is 0 Å². The van der Waals surface area contributed by atoms with Crippen molar-refractivity contribution in [2.75, 3.05) is 14.1 Å². The fourth-order valence-corrected chi connectivity index (χ4v) is 1.57. The second-order valence-electron chi connectivity index (χ2n) is 4.43. The van der Waals surface area contributed by atoms with Crippen LogP contribution < -0.4 is 11.2 Å². The summed E-state index contributed by atoms with van der Waals surface area (Å²) in [6.45, 7) is 1.92. The van der Waals surface area contributed by atoms with E-state index in [1.165, 1.54) is 0 Å². The molecule has 0 aromatic heterocycles. The lowest BCUT2D eigenvalue weighted by molar-refractivity contribution is -0.127. The molecule has 0 aromatic carbocycles. The van der Waals surface area contributed by atoms with Crippen LogP contribution in [-0.4, -0.2) is 30.6 Å². The molecule has 0 heterocycles. The lowest BCUT2D eigenvalue weighted by atomic mass is 9.90. The van der Waals surface area contributed by atoms with Crippen LogP contribution in [0.25, 0.3) is 0 Å². The lowest BCUT2D eigenvalue weighted by Gasteiger charge is -2.24. The Morgan fingerprint density at radius 2 is 2.20 bits per heavy atom. The second-order valence-corrected chi connectivity index (χ2v) is 4.43. The molecule has 0 radical (unpaired) electrons. The minimum absolute atomic E-state index is 0.0170. The van der Waals surface area contributed by atoms with Gasteiger partial charge in [-0.2, -0.15) is 0 Å². The maximum atomic E-state index is 11.8. The van der Waals surface area contributed by atoms with Crippen molar-refractivity contribution in [2.24, 2.45) is 11.7 Å². The van der Waals surface area contributed by atoms with Crippen molar-refractivity contribution in [3.8, 4) is 0 Å². The van der Waals surface area contributed by atoms with Crippen molar-refractivity contribution in [3.63, 3.8) is 0 Å². The smallest absolute Gasteiger partial charge is 0.241 e. The van der Waals surface area contributed by atoms with Gasteiger partial charge in [-0.25, -0.2) is 5.01 Å². The third kappa shape index (κ3) is 3.85. The summed E-state index contributed by atoms with van der Waals surface area (Å²) in [5.74, 6) is -0.186. The standard InChI is InChI=1S/C11H19N3O/c1-11(12)7-5-4-6-9(8-11)10(15)13-14(2)3/h4-7,9H,8,12H2,1-3H3,(H,13,15). The zero-order valence-corrected chi connectivity index (χ0v) is 9.53. The molecule has 2 atom stereocenters. The van der Waals surface area contributed by atoms with Gasteiger partial charge < -0.3 is 5.73 Å². The minimum Gasteiger partial charge on any atom is -0.322 e. The van der Waals surface area contributed by atoms with Crippen LogP contribution in [0.3, 0.4) is 0 Å². The average molecular weight is 209 g/mol. The van der Waals surface area contributed by atoms with Gasteiger partial charge in [0.15, 0.2) is 0 Å². The number of nitrogens with one attached hydrogen (secondary N) is 1. The molecule has 1 rings (SSSR count). The average Bonchev–Trinajstić information content (AvgIpc) is 2.25. The van der Waals surface area contributed by atoms with E-state index in [-0.39, 0.29) is 11.8 Å². The van der Waals surface area contributed by atoms with Gasteiger partial charge in [-0.3, -0.25) is 10.2 Å². The number of hydrogen-bond acceptors (Lipinski definition) is 3. The van der Waals surface area contributed by atoms with Gasteiger partial charge in [-0.05, 0) is 13.3 Å². The van der Waals surface area contributed by atoms with E-state index in [2.05, 4.69) is 5.43 Å². The van der Waals surface area contributed by atoms with Crippen molar-refractivity contribution in [1.29, 1.82) is 0 Å². The fourth-order valence-electron chi connectivity index (χ4n) is 1.57. The van der Waals surface area contributed by atoms with Crippen LogP contribution in [0.1, 0.15) is 13.3 Å². The van der Waals surface area contributed by atoms with Gasteiger partial charge in [0.2, 0.25) is 5.91 Å². The Labute approximate surface area is 90.8 Å². The highest BCUT2D eigenvalue weighted by Crippen LogP contribution is 2.20. The molecule has 1 aliphatic rings. The molecule has 1 amide bonds. The van der Waals surface area contributed by atoms with Crippen LogP contribution in [-0.2, 0) is 4.79 Å². The monoisotopic (exact) mass is 209 g/mol. The number of nitrogens with zero attached hydrogens (tertiary/aromatic N) is 1. The Balaban J connectivity index is 2.67. The number of hydrazine groups is 1. The van der Waals surface area contributed by atoms with E-state index in [1.807, 2.05) is 31.2 Å². The van der Waals surface area contributed by atoms with Crippen molar-refractivity contribution in [2.45, 2.75) is 18.9 Å². The SMILES string of the molecule is CN(C)NC(=O)C1C=CC=CC(C)(N)C1. The van der Waals surface area contributed by atoms with Crippen molar-refractivity contribution >= 4 is 5.91 Å². The molecule has 0 fully saturated rings. The molecule has 2 unspecified atom stereocenters. The van der Waals surface area contributed by atoms with Crippen LogP contribution >= 0.6 is 0 Å². The van der Waals surface area contributed by atoms with Crippen LogP contribution in [0.4, 0.5) is 0 Å². The third-order valence-electron chi connectivity index (χ3n) is 2.26. The first-order valence-electron chi connectivity index (χ1n) is 5.03. The Kier molecular flexibility index (Phi) is 3.66. The molecule has 0 aliphatic heterocycles. The fraction of sp³-hybridized carbons (Fsp3) is 0.545. The predicted octanol–water partition coefficient (Wildman–Crippen LogP) is 0.429. The number of carbonyl (C=O) groups excluding carboxylic acids is 1. The van der Waals surface area contributed by atoms with E-state index in [4.69, 9.17) is 5.73 Å². The molecule has 15 heavy (non-hydrogen) atoms. The van der Waals surface area contributed by atoms with Gasteiger partial charge in [0.25, 0.3) is 0 Å². The van der Waals surface area contributed by atoms with Crippen molar-refractivity contribution < 1.29 is 4.79 Å². The van der Waals surface area contributed by atoms with Crippen LogP contribution in [0.15, 0.2) is 24.3 Å². The van der Waals surface area contributed by atoms with Gasteiger partial charge in [-0.1, -0.05) is 24.3 Å². The summed E-state index contributed by atoms with van der Waals surface area (Å²) in [4.78, 5) is 11.8. The summed E-state index contributed by atoms with van der Waals surface area (Å²) in [6.07, 6.45) is 8.19. The number of rotatable bonds is 2. The van der Waals surface area contributed by atoms with Crippen LogP contribution in [0, 0.1) is 5.92 Å². The molecule has 0 aromatic rings. The molecule has 4 heteroatoms.